The second-order valence-corrected chi connectivity index (χ2v) is 10.1. The van der Waals surface area contributed by atoms with E-state index in [2.05, 4.69) is 19.8 Å². The molecule has 3 aromatic carbocycles. The second kappa shape index (κ2) is 7.93. The maximum Gasteiger partial charge on any atom is 0.488 e. The van der Waals surface area contributed by atoms with E-state index < -0.39 is 10.5 Å². The Balaban J connectivity index is 1.66. The number of halogens is 1. The van der Waals surface area contributed by atoms with Crippen LogP contribution in [0.3, 0.4) is 0 Å². The SMILES string of the molecule is Cc1cc2c(=O)c3c4ccc(C#N)cc4[nH]c3n(C3CCC3)c2cc1-c1cccc(OS(=O)(=O)F)c1. The van der Waals surface area contributed by atoms with Crippen LogP contribution in [0.5, 0.6) is 5.75 Å². The first kappa shape index (κ1) is 22.3. The number of aryl methyl sites for hydroxylation is 1. The van der Waals surface area contributed by atoms with Crippen LogP contribution in [-0.4, -0.2) is 18.0 Å². The van der Waals surface area contributed by atoms with E-state index in [-0.39, 0.29) is 17.2 Å². The van der Waals surface area contributed by atoms with Gasteiger partial charge >= 0.3 is 10.5 Å². The zero-order chi connectivity index (χ0) is 25.2. The summed E-state index contributed by atoms with van der Waals surface area (Å²) >= 11 is 0. The predicted molar refractivity (Wildman–Crippen MR) is 136 cm³/mol. The van der Waals surface area contributed by atoms with Crippen LogP contribution in [0.1, 0.15) is 36.4 Å². The lowest BCUT2D eigenvalue weighted by molar-refractivity contribution is 0.327. The largest absolute Gasteiger partial charge is 0.488 e. The molecule has 6 rings (SSSR count). The van der Waals surface area contributed by atoms with Crippen LogP contribution in [0.2, 0.25) is 0 Å². The highest BCUT2D eigenvalue weighted by Gasteiger charge is 2.26. The standard InChI is InChI=1S/C27H20FN3O4S/c1-15-10-22-24(13-21(15)17-4-2-7-19(12-17)35-36(28,33)34)31(18-5-3-6-18)27-25(26(22)32)20-9-8-16(14-29)11-23(20)30-27/h2,4,7-13,18,30H,3,5-6H2,1H3. The Labute approximate surface area is 205 Å². The Hall–Kier alpha value is -4.16. The lowest BCUT2D eigenvalue weighted by Gasteiger charge is -2.31. The van der Waals surface area contributed by atoms with Crippen LogP contribution in [0.15, 0.2) is 59.4 Å². The quantitative estimate of drug-likeness (QED) is 0.313. The van der Waals surface area contributed by atoms with Crippen molar-refractivity contribution in [2.24, 2.45) is 0 Å². The minimum atomic E-state index is -5.15. The van der Waals surface area contributed by atoms with Crippen molar-refractivity contribution >= 4 is 43.3 Å². The number of benzene rings is 3. The van der Waals surface area contributed by atoms with Crippen LogP contribution in [0.25, 0.3) is 44.0 Å². The van der Waals surface area contributed by atoms with E-state index in [4.69, 9.17) is 0 Å². The molecule has 7 nitrogen and oxygen atoms in total. The maximum atomic E-state index is 13.8. The molecule has 0 radical (unpaired) electrons. The number of fused-ring (bicyclic) bond motifs is 4. The highest BCUT2D eigenvalue weighted by molar-refractivity contribution is 7.81. The van der Waals surface area contributed by atoms with E-state index in [9.17, 15) is 22.4 Å². The van der Waals surface area contributed by atoms with Crippen LogP contribution in [0, 0.1) is 18.3 Å². The van der Waals surface area contributed by atoms with Crippen molar-refractivity contribution in [2.75, 3.05) is 0 Å². The van der Waals surface area contributed by atoms with Gasteiger partial charge in [0, 0.05) is 22.3 Å². The molecular weight excluding hydrogens is 481 g/mol. The molecule has 1 aliphatic carbocycles. The third kappa shape index (κ3) is 3.53. The zero-order valence-electron chi connectivity index (χ0n) is 19.2. The summed E-state index contributed by atoms with van der Waals surface area (Å²) in [7, 11) is -5.15. The number of hydrogen-bond donors (Lipinski definition) is 1. The Morgan fingerprint density at radius 3 is 2.61 bits per heavy atom. The summed E-state index contributed by atoms with van der Waals surface area (Å²) in [5, 5.41) is 11.3. The lowest BCUT2D eigenvalue weighted by Crippen LogP contribution is -2.21. The van der Waals surface area contributed by atoms with Crippen molar-refractivity contribution in [3.63, 3.8) is 0 Å². The van der Waals surface area contributed by atoms with Gasteiger partial charge in [-0.3, -0.25) is 4.79 Å². The van der Waals surface area contributed by atoms with Crippen molar-refractivity contribution in [1.82, 2.24) is 9.55 Å². The number of nitrogens with one attached hydrogen (secondary N) is 1. The number of aromatic nitrogens is 2. The monoisotopic (exact) mass is 501 g/mol. The molecule has 2 heterocycles. The van der Waals surface area contributed by atoms with Crippen LogP contribution < -0.4 is 9.61 Å². The Morgan fingerprint density at radius 1 is 1.11 bits per heavy atom. The Kier molecular flexibility index (Phi) is 4.92. The molecule has 0 atom stereocenters. The van der Waals surface area contributed by atoms with E-state index in [1.807, 2.05) is 25.1 Å². The van der Waals surface area contributed by atoms with Crippen molar-refractivity contribution in [1.29, 1.82) is 5.26 Å². The molecule has 2 aromatic heterocycles. The van der Waals surface area contributed by atoms with Gasteiger partial charge in [0.2, 0.25) is 0 Å². The summed E-state index contributed by atoms with van der Waals surface area (Å²) in [6.07, 6.45) is 3.05. The predicted octanol–water partition coefficient (Wildman–Crippen LogP) is 5.80. The molecule has 180 valence electrons. The highest BCUT2D eigenvalue weighted by Crippen LogP contribution is 2.39. The molecule has 0 unspecified atom stereocenters. The number of pyridine rings is 1. The Bertz CT molecular complexity index is 1930. The fraction of sp³-hybridized carbons (Fsp3) is 0.185. The van der Waals surface area contributed by atoms with Crippen LogP contribution in [-0.2, 0) is 10.5 Å². The summed E-state index contributed by atoms with van der Waals surface area (Å²) in [5.74, 6) is -0.134. The van der Waals surface area contributed by atoms with Gasteiger partial charge in [0.25, 0.3) is 0 Å². The molecule has 1 aliphatic rings. The van der Waals surface area contributed by atoms with Gasteiger partial charge in [0.1, 0.15) is 11.4 Å². The van der Waals surface area contributed by atoms with Crippen molar-refractivity contribution in [2.45, 2.75) is 32.2 Å². The van der Waals surface area contributed by atoms with E-state index in [1.165, 1.54) is 12.1 Å². The van der Waals surface area contributed by atoms with Gasteiger partial charge in [-0.2, -0.15) is 13.7 Å². The van der Waals surface area contributed by atoms with Crippen molar-refractivity contribution < 1.29 is 16.5 Å². The van der Waals surface area contributed by atoms with Gasteiger partial charge < -0.3 is 13.7 Å². The number of nitrogens with zero attached hydrogens (tertiary/aromatic N) is 2. The molecule has 0 bridgehead atoms. The molecule has 1 N–H and O–H groups in total. The second-order valence-electron chi connectivity index (χ2n) is 9.19. The molecule has 0 aliphatic heterocycles. The van der Waals surface area contributed by atoms with Gasteiger partial charge in [0.15, 0.2) is 5.43 Å². The number of nitriles is 1. The minimum Gasteiger partial charge on any atom is -0.358 e. The zero-order valence-corrected chi connectivity index (χ0v) is 20.0. The molecule has 36 heavy (non-hydrogen) atoms. The fourth-order valence-corrected chi connectivity index (χ4v) is 5.50. The first-order valence-corrected chi connectivity index (χ1v) is 12.8. The third-order valence-electron chi connectivity index (χ3n) is 7.00. The molecular formula is C27H20FN3O4S. The number of H-pyrrole nitrogens is 1. The summed E-state index contributed by atoms with van der Waals surface area (Å²) < 4.78 is 41.7. The summed E-state index contributed by atoms with van der Waals surface area (Å²) in [5.41, 5.74) is 4.85. The van der Waals surface area contributed by atoms with E-state index in [0.717, 1.165) is 52.5 Å². The summed E-state index contributed by atoms with van der Waals surface area (Å²) in [6, 6.07) is 17.6. The first-order valence-electron chi connectivity index (χ1n) is 11.5. The molecule has 0 amide bonds. The lowest BCUT2D eigenvalue weighted by atomic mass is 9.91. The average molecular weight is 502 g/mol. The molecule has 1 fully saturated rings. The minimum absolute atomic E-state index is 0.0956. The highest BCUT2D eigenvalue weighted by atomic mass is 32.3. The maximum absolute atomic E-state index is 13.8. The molecule has 5 aromatic rings. The van der Waals surface area contributed by atoms with Crippen molar-refractivity contribution in [3.05, 3.63) is 75.9 Å². The van der Waals surface area contributed by atoms with Gasteiger partial charge in [0.05, 0.1) is 22.5 Å². The topological polar surface area (TPSA) is 105 Å². The fourth-order valence-electron chi connectivity index (χ4n) is 5.16. The summed E-state index contributed by atoms with van der Waals surface area (Å²) in [4.78, 5) is 17.2. The molecule has 9 heteroatoms. The smallest absolute Gasteiger partial charge is 0.358 e. The van der Waals surface area contributed by atoms with Gasteiger partial charge in [-0.25, -0.2) is 0 Å². The Morgan fingerprint density at radius 2 is 1.92 bits per heavy atom. The molecule has 0 saturated heterocycles. The van der Waals surface area contributed by atoms with E-state index >= 15 is 0 Å². The van der Waals surface area contributed by atoms with E-state index in [0.29, 0.717) is 21.9 Å². The van der Waals surface area contributed by atoms with Gasteiger partial charge in [-0.1, -0.05) is 22.1 Å². The van der Waals surface area contributed by atoms with Gasteiger partial charge in [-0.15, -0.1) is 0 Å². The molecule has 0 spiro atoms. The van der Waals surface area contributed by atoms with Crippen LogP contribution in [0.4, 0.5) is 3.89 Å². The average Bonchev–Trinajstić information content (AvgIpc) is 3.18. The van der Waals surface area contributed by atoms with Crippen molar-refractivity contribution in [3.8, 4) is 22.9 Å². The van der Waals surface area contributed by atoms with E-state index in [1.54, 1.807) is 24.3 Å². The number of hydrogen-bond acceptors (Lipinski definition) is 5. The molecule has 1 saturated carbocycles. The summed E-state index contributed by atoms with van der Waals surface area (Å²) in [6.45, 7) is 1.87. The van der Waals surface area contributed by atoms with Crippen LogP contribution >= 0.6 is 0 Å². The number of rotatable bonds is 4. The van der Waals surface area contributed by atoms with Gasteiger partial charge in [-0.05, 0) is 79.3 Å². The normalized spacial score (nSPS) is 14.2. The first-order chi connectivity index (χ1) is 17.2. The third-order valence-corrected chi connectivity index (χ3v) is 7.39. The number of aromatic amines is 1.